The van der Waals surface area contributed by atoms with Crippen molar-refractivity contribution in [2.24, 2.45) is 34.5 Å². The summed E-state index contributed by atoms with van der Waals surface area (Å²) in [5.74, 6) is 6.88. The van der Waals surface area contributed by atoms with Crippen molar-refractivity contribution >= 4 is 11.8 Å². The summed E-state index contributed by atoms with van der Waals surface area (Å²) in [6, 6.07) is 0. The van der Waals surface area contributed by atoms with Crippen molar-refractivity contribution < 1.29 is 0 Å². The monoisotopic (exact) mass is 535 g/mol. The maximum absolute atomic E-state index is 2.44. The zero-order valence-electron chi connectivity index (χ0n) is 26.7. The van der Waals surface area contributed by atoms with Crippen molar-refractivity contribution in [1.29, 1.82) is 0 Å². The molecule has 0 aromatic rings. The Balaban J connectivity index is 1.25. The highest BCUT2D eigenvalue weighted by Crippen LogP contribution is 2.42. The molecule has 0 heterocycles. The molecule has 220 valence electrons. The van der Waals surface area contributed by atoms with Crippen LogP contribution < -0.4 is 0 Å². The summed E-state index contributed by atoms with van der Waals surface area (Å²) in [5, 5.41) is 0. The molecular formula is C36H70S. The quantitative estimate of drug-likeness (QED) is 0.158. The molecule has 0 aliphatic heterocycles. The first-order chi connectivity index (χ1) is 17.7. The number of hydrogen-bond donors (Lipinski definition) is 0. The Kier molecular flexibility index (Phi) is 16.9. The molecule has 2 fully saturated rings. The van der Waals surface area contributed by atoms with E-state index in [1.54, 1.807) is 0 Å². The lowest BCUT2D eigenvalue weighted by molar-refractivity contribution is 0.145. The van der Waals surface area contributed by atoms with Crippen LogP contribution in [0, 0.1) is 34.5 Å². The molecule has 0 spiro atoms. The first-order valence-corrected chi connectivity index (χ1v) is 18.4. The minimum atomic E-state index is 0.536. The summed E-state index contributed by atoms with van der Waals surface area (Å²) in [7, 11) is 0. The first-order valence-electron chi connectivity index (χ1n) is 17.2. The molecule has 2 aliphatic rings. The van der Waals surface area contributed by atoms with Gasteiger partial charge >= 0.3 is 0 Å². The van der Waals surface area contributed by atoms with Gasteiger partial charge in [-0.1, -0.05) is 144 Å². The number of hydrogen-bond acceptors (Lipinski definition) is 1. The van der Waals surface area contributed by atoms with E-state index >= 15 is 0 Å². The SMILES string of the molecule is CC(C)(C)C1CCC(CCCCCCCCSCCCCCCCCC2CCC(C(C)(C)C)CC2)CC1. The highest BCUT2D eigenvalue weighted by molar-refractivity contribution is 7.99. The third kappa shape index (κ3) is 15.7. The van der Waals surface area contributed by atoms with E-state index in [1.165, 1.54) is 153 Å². The Hall–Kier alpha value is 0.350. The molecule has 0 saturated heterocycles. The van der Waals surface area contributed by atoms with E-state index in [9.17, 15) is 0 Å². The predicted octanol–water partition coefficient (Wildman–Crippen LogP) is 12.9. The van der Waals surface area contributed by atoms with Crippen LogP contribution in [0.3, 0.4) is 0 Å². The van der Waals surface area contributed by atoms with Crippen LogP contribution in [0.15, 0.2) is 0 Å². The van der Waals surface area contributed by atoms with E-state index in [0.29, 0.717) is 10.8 Å². The Labute approximate surface area is 240 Å². The van der Waals surface area contributed by atoms with Crippen LogP contribution in [0.5, 0.6) is 0 Å². The molecule has 37 heavy (non-hydrogen) atoms. The summed E-state index contributed by atoms with van der Waals surface area (Å²) < 4.78 is 0. The van der Waals surface area contributed by atoms with E-state index in [-0.39, 0.29) is 0 Å². The average Bonchev–Trinajstić information content (AvgIpc) is 2.85. The highest BCUT2D eigenvalue weighted by atomic mass is 32.2. The van der Waals surface area contributed by atoms with Crippen molar-refractivity contribution in [1.82, 2.24) is 0 Å². The van der Waals surface area contributed by atoms with Gasteiger partial charge in [-0.25, -0.2) is 0 Å². The van der Waals surface area contributed by atoms with Gasteiger partial charge in [-0.05, 0) is 84.5 Å². The topological polar surface area (TPSA) is 0 Å². The van der Waals surface area contributed by atoms with Gasteiger partial charge in [-0.3, -0.25) is 0 Å². The molecule has 0 aromatic carbocycles. The second kappa shape index (κ2) is 18.7. The molecule has 0 bridgehead atoms. The van der Waals surface area contributed by atoms with E-state index in [0.717, 1.165) is 23.7 Å². The van der Waals surface area contributed by atoms with Gasteiger partial charge in [0.25, 0.3) is 0 Å². The fourth-order valence-corrected chi connectivity index (χ4v) is 8.45. The average molecular weight is 535 g/mol. The summed E-state index contributed by atoms with van der Waals surface area (Å²) in [4.78, 5) is 0. The molecule has 0 amide bonds. The molecule has 0 radical (unpaired) electrons. The third-order valence-electron chi connectivity index (χ3n) is 10.4. The summed E-state index contributed by atoms with van der Waals surface area (Å²) in [6.07, 6.45) is 32.8. The van der Waals surface area contributed by atoms with Crippen LogP contribution in [0.1, 0.15) is 183 Å². The van der Waals surface area contributed by atoms with E-state index in [2.05, 4.69) is 53.3 Å². The van der Waals surface area contributed by atoms with Crippen molar-refractivity contribution in [2.45, 2.75) is 183 Å². The van der Waals surface area contributed by atoms with E-state index in [4.69, 9.17) is 0 Å². The lowest BCUT2D eigenvalue weighted by atomic mass is 9.69. The van der Waals surface area contributed by atoms with Gasteiger partial charge in [0.2, 0.25) is 0 Å². The van der Waals surface area contributed by atoms with Gasteiger partial charge < -0.3 is 0 Å². The van der Waals surface area contributed by atoms with Crippen molar-refractivity contribution in [2.75, 3.05) is 11.5 Å². The molecule has 0 aromatic heterocycles. The van der Waals surface area contributed by atoms with Crippen molar-refractivity contribution in [3.05, 3.63) is 0 Å². The van der Waals surface area contributed by atoms with Gasteiger partial charge in [0, 0.05) is 0 Å². The summed E-state index contributed by atoms with van der Waals surface area (Å²) in [6.45, 7) is 14.7. The maximum Gasteiger partial charge on any atom is -0.00675 e. The molecule has 0 N–H and O–H groups in total. The van der Waals surface area contributed by atoms with Gasteiger partial charge in [0.15, 0.2) is 0 Å². The zero-order chi connectivity index (χ0) is 27.0. The second-order valence-corrected chi connectivity index (χ2v) is 16.8. The lowest BCUT2D eigenvalue weighted by Crippen LogP contribution is -2.25. The molecule has 2 saturated carbocycles. The van der Waals surface area contributed by atoms with Crippen molar-refractivity contribution in [3.63, 3.8) is 0 Å². The van der Waals surface area contributed by atoms with Crippen LogP contribution in [0.25, 0.3) is 0 Å². The molecule has 0 nitrogen and oxygen atoms in total. The van der Waals surface area contributed by atoms with Gasteiger partial charge in [0.05, 0.1) is 0 Å². The Morgan fingerprint density at radius 2 is 0.703 bits per heavy atom. The van der Waals surface area contributed by atoms with E-state index in [1.807, 2.05) is 0 Å². The fourth-order valence-electron chi connectivity index (χ4n) is 7.42. The molecular weight excluding hydrogens is 464 g/mol. The standard InChI is InChI=1S/C36H70S/c1-35(2,3)33-25-21-31(22-26-33)19-15-11-7-9-13-17-29-37-30-18-14-10-8-12-16-20-32-23-27-34(28-24-32)36(4,5)6/h31-34H,7-30H2,1-6H3. The summed E-state index contributed by atoms with van der Waals surface area (Å²) >= 11 is 2.23. The first kappa shape index (κ1) is 33.6. The highest BCUT2D eigenvalue weighted by Gasteiger charge is 2.30. The molecule has 2 rings (SSSR count). The molecule has 0 atom stereocenters. The fraction of sp³-hybridized carbons (Fsp3) is 1.00. The normalized spacial score (nSPS) is 25.5. The van der Waals surface area contributed by atoms with Gasteiger partial charge in [0.1, 0.15) is 0 Å². The zero-order valence-corrected chi connectivity index (χ0v) is 27.5. The van der Waals surface area contributed by atoms with Crippen LogP contribution in [-0.2, 0) is 0 Å². The van der Waals surface area contributed by atoms with Crippen molar-refractivity contribution in [3.8, 4) is 0 Å². The smallest absolute Gasteiger partial charge is 0.00675 e. The second-order valence-electron chi connectivity index (χ2n) is 15.6. The van der Waals surface area contributed by atoms with Crippen LogP contribution >= 0.6 is 11.8 Å². The Morgan fingerprint density at radius 3 is 1.03 bits per heavy atom. The maximum atomic E-state index is 2.44. The summed E-state index contributed by atoms with van der Waals surface area (Å²) in [5.41, 5.74) is 1.07. The predicted molar refractivity (Wildman–Crippen MR) is 172 cm³/mol. The Morgan fingerprint density at radius 1 is 0.405 bits per heavy atom. The number of thioether (sulfide) groups is 1. The molecule has 0 unspecified atom stereocenters. The lowest BCUT2D eigenvalue weighted by Gasteiger charge is -2.37. The Bertz CT molecular complexity index is 474. The van der Waals surface area contributed by atoms with Gasteiger partial charge in [-0.2, -0.15) is 11.8 Å². The van der Waals surface area contributed by atoms with Crippen LogP contribution in [0.2, 0.25) is 0 Å². The molecule has 2 aliphatic carbocycles. The number of unbranched alkanes of at least 4 members (excludes halogenated alkanes) is 10. The van der Waals surface area contributed by atoms with Crippen LogP contribution in [-0.4, -0.2) is 11.5 Å². The molecule has 1 heteroatoms. The largest absolute Gasteiger partial charge is 0.162 e. The minimum Gasteiger partial charge on any atom is -0.162 e. The van der Waals surface area contributed by atoms with Gasteiger partial charge in [-0.15, -0.1) is 0 Å². The van der Waals surface area contributed by atoms with Crippen LogP contribution in [0.4, 0.5) is 0 Å². The van der Waals surface area contributed by atoms with E-state index < -0.39 is 0 Å². The minimum absolute atomic E-state index is 0.536. The number of rotatable bonds is 18. The third-order valence-corrected chi connectivity index (χ3v) is 11.6.